The summed E-state index contributed by atoms with van der Waals surface area (Å²) in [6.07, 6.45) is 3.24. The van der Waals surface area contributed by atoms with E-state index in [-0.39, 0.29) is 11.9 Å². The average molecular weight is 367 g/mol. The predicted molar refractivity (Wildman–Crippen MR) is 109 cm³/mol. The Bertz CT molecular complexity index is 788. The van der Waals surface area contributed by atoms with Gasteiger partial charge < -0.3 is 10.1 Å². The number of hydrogen-bond donors (Lipinski definition) is 1. The molecule has 0 spiro atoms. The molecule has 1 atom stereocenters. The Morgan fingerprint density at radius 2 is 2.04 bits per heavy atom. The average Bonchev–Trinajstić information content (AvgIpc) is 3.07. The van der Waals surface area contributed by atoms with Crippen molar-refractivity contribution in [1.82, 2.24) is 10.2 Å². The lowest BCUT2D eigenvalue weighted by atomic mass is 10.0. The molecule has 3 rings (SSSR count). The first-order valence-corrected chi connectivity index (χ1v) is 9.94. The molecule has 1 aliphatic heterocycles. The molecular weight excluding hydrogens is 336 g/mol. The molecule has 0 aromatic heterocycles. The van der Waals surface area contributed by atoms with Crippen molar-refractivity contribution in [2.45, 2.75) is 45.7 Å². The maximum atomic E-state index is 12.9. The lowest BCUT2D eigenvalue weighted by Gasteiger charge is -2.25. The van der Waals surface area contributed by atoms with Gasteiger partial charge in [0.2, 0.25) is 0 Å². The second-order valence-electron chi connectivity index (χ2n) is 7.14. The van der Waals surface area contributed by atoms with E-state index in [0.717, 1.165) is 25.1 Å². The summed E-state index contributed by atoms with van der Waals surface area (Å²) in [6.45, 7) is 6.93. The number of carbonyl (C=O) groups excluding carboxylic acids is 1. The number of benzene rings is 2. The first-order chi connectivity index (χ1) is 13.2. The van der Waals surface area contributed by atoms with E-state index in [9.17, 15) is 4.79 Å². The molecule has 2 aromatic rings. The quantitative estimate of drug-likeness (QED) is 0.755. The number of nitrogens with zero attached hydrogens (tertiary/aromatic N) is 1. The Morgan fingerprint density at radius 1 is 1.22 bits per heavy atom. The number of aryl methyl sites for hydroxylation is 1. The topological polar surface area (TPSA) is 41.6 Å². The van der Waals surface area contributed by atoms with E-state index < -0.39 is 0 Å². The highest BCUT2D eigenvalue weighted by Gasteiger charge is 2.29. The number of unbranched alkanes of at least 4 members (excludes halogenated alkanes) is 1. The first kappa shape index (κ1) is 19.4. The van der Waals surface area contributed by atoms with Crippen molar-refractivity contribution in [2.75, 3.05) is 20.2 Å². The molecule has 1 aliphatic rings. The van der Waals surface area contributed by atoms with E-state index in [2.05, 4.69) is 48.3 Å². The number of nitrogens with one attached hydrogen (secondary N) is 1. The number of hydrogen-bond acceptors (Lipinski definition) is 3. The molecule has 0 fully saturated rings. The van der Waals surface area contributed by atoms with Crippen LogP contribution in [0.15, 0.2) is 42.5 Å². The van der Waals surface area contributed by atoms with Crippen molar-refractivity contribution >= 4 is 5.91 Å². The molecule has 1 heterocycles. The van der Waals surface area contributed by atoms with Gasteiger partial charge in [0.1, 0.15) is 5.75 Å². The second kappa shape index (κ2) is 9.05. The molecule has 2 aromatic carbocycles. The van der Waals surface area contributed by atoms with E-state index in [0.29, 0.717) is 17.9 Å². The molecule has 27 heavy (non-hydrogen) atoms. The molecule has 1 N–H and O–H groups in total. The van der Waals surface area contributed by atoms with E-state index in [1.54, 1.807) is 7.11 Å². The van der Waals surface area contributed by atoms with Crippen LogP contribution >= 0.6 is 0 Å². The van der Waals surface area contributed by atoms with Crippen LogP contribution in [0.4, 0.5) is 0 Å². The van der Waals surface area contributed by atoms with Crippen molar-refractivity contribution in [1.29, 1.82) is 0 Å². The van der Waals surface area contributed by atoms with Gasteiger partial charge >= 0.3 is 0 Å². The highest BCUT2D eigenvalue weighted by atomic mass is 16.5. The molecule has 0 radical (unpaired) electrons. The van der Waals surface area contributed by atoms with Crippen LogP contribution in [0.25, 0.3) is 0 Å². The van der Waals surface area contributed by atoms with Gasteiger partial charge in [-0.05, 0) is 48.2 Å². The van der Waals surface area contributed by atoms with Gasteiger partial charge in [0.15, 0.2) is 0 Å². The van der Waals surface area contributed by atoms with E-state index in [1.165, 1.54) is 24.0 Å². The lowest BCUT2D eigenvalue weighted by Crippen LogP contribution is -2.35. The van der Waals surface area contributed by atoms with Crippen molar-refractivity contribution < 1.29 is 9.53 Å². The highest BCUT2D eigenvalue weighted by Crippen LogP contribution is 2.33. The number of carbonyl (C=O) groups is 1. The number of amides is 1. The zero-order chi connectivity index (χ0) is 19.2. The number of fused-ring (bicyclic) bond motifs is 1. The maximum Gasteiger partial charge on any atom is 0.255 e. The number of rotatable bonds is 8. The molecule has 0 bridgehead atoms. The van der Waals surface area contributed by atoms with E-state index in [4.69, 9.17) is 4.74 Å². The molecule has 1 amide bonds. The van der Waals surface area contributed by atoms with Crippen LogP contribution in [-0.4, -0.2) is 31.0 Å². The van der Waals surface area contributed by atoms with Gasteiger partial charge in [-0.3, -0.25) is 9.69 Å². The second-order valence-corrected chi connectivity index (χ2v) is 7.14. The fraction of sp³-hybridized carbons (Fsp3) is 0.435. The zero-order valence-electron chi connectivity index (χ0n) is 16.6. The molecule has 0 aliphatic carbocycles. The van der Waals surface area contributed by atoms with Crippen LogP contribution in [0.1, 0.15) is 59.8 Å². The fourth-order valence-corrected chi connectivity index (χ4v) is 3.80. The first-order valence-electron chi connectivity index (χ1n) is 9.94. The van der Waals surface area contributed by atoms with Gasteiger partial charge in [0, 0.05) is 13.1 Å². The van der Waals surface area contributed by atoms with Gasteiger partial charge in [-0.25, -0.2) is 0 Å². The minimum absolute atomic E-state index is 0.0676. The Labute approximate surface area is 162 Å². The molecule has 4 nitrogen and oxygen atoms in total. The maximum absolute atomic E-state index is 12.9. The summed E-state index contributed by atoms with van der Waals surface area (Å²) in [7, 11) is 1.61. The third-order valence-electron chi connectivity index (χ3n) is 5.40. The summed E-state index contributed by atoms with van der Waals surface area (Å²) < 4.78 is 5.40. The lowest BCUT2D eigenvalue weighted by molar-refractivity contribution is 0.0932. The van der Waals surface area contributed by atoms with Gasteiger partial charge in [-0.2, -0.15) is 0 Å². The minimum atomic E-state index is -0.0676. The third kappa shape index (κ3) is 4.33. The Hall–Kier alpha value is -2.33. The smallest absolute Gasteiger partial charge is 0.255 e. The summed E-state index contributed by atoms with van der Waals surface area (Å²) in [6, 6.07) is 14.6. The monoisotopic (exact) mass is 366 g/mol. The van der Waals surface area contributed by atoms with Crippen LogP contribution < -0.4 is 10.1 Å². The fourth-order valence-electron chi connectivity index (χ4n) is 3.80. The third-order valence-corrected chi connectivity index (χ3v) is 5.40. The summed E-state index contributed by atoms with van der Waals surface area (Å²) in [5, 5.41) is 3.15. The minimum Gasteiger partial charge on any atom is -0.496 e. The summed E-state index contributed by atoms with van der Waals surface area (Å²) >= 11 is 0. The van der Waals surface area contributed by atoms with Gasteiger partial charge in [0.25, 0.3) is 5.91 Å². The summed E-state index contributed by atoms with van der Waals surface area (Å²) in [5.74, 6) is 0.557. The molecule has 4 heteroatoms. The number of methoxy groups -OCH3 is 1. The van der Waals surface area contributed by atoms with Gasteiger partial charge in [-0.1, -0.05) is 50.6 Å². The summed E-state index contributed by atoms with van der Waals surface area (Å²) in [4.78, 5) is 15.4. The molecule has 0 saturated heterocycles. The Morgan fingerprint density at radius 3 is 2.78 bits per heavy atom. The summed E-state index contributed by atoms with van der Waals surface area (Å²) in [5.41, 5.74) is 4.46. The number of ether oxygens (including phenoxy) is 1. The predicted octanol–water partition coefficient (Wildman–Crippen LogP) is 4.34. The standard InChI is InChI=1S/C23H30N2O2/c1-4-6-13-25-16-18-9-7-8-10-19(18)21(25)15-24-23(26)20-14-17(5-2)11-12-22(20)27-3/h7-12,14,21H,4-6,13,15-16H2,1-3H3,(H,24,26)/t21-/m1/s1. The molecule has 144 valence electrons. The SMILES string of the molecule is CCCCN1Cc2ccccc2[C@H]1CNC(=O)c1cc(CC)ccc1OC. The molecule has 0 unspecified atom stereocenters. The van der Waals surface area contributed by atoms with Crippen molar-refractivity contribution in [2.24, 2.45) is 0 Å². The Kier molecular flexibility index (Phi) is 6.51. The van der Waals surface area contributed by atoms with Crippen molar-refractivity contribution in [3.63, 3.8) is 0 Å². The van der Waals surface area contributed by atoms with E-state index in [1.807, 2.05) is 18.2 Å². The van der Waals surface area contributed by atoms with Crippen molar-refractivity contribution in [3.8, 4) is 5.75 Å². The van der Waals surface area contributed by atoms with Crippen LogP contribution in [0, 0.1) is 0 Å². The van der Waals surface area contributed by atoms with E-state index >= 15 is 0 Å². The molecule has 0 saturated carbocycles. The van der Waals surface area contributed by atoms with Crippen LogP contribution in [0.2, 0.25) is 0 Å². The highest BCUT2D eigenvalue weighted by molar-refractivity contribution is 5.97. The Balaban J connectivity index is 1.75. The van der Waals surface area contributed by atoms with Gasteiger partial charge in [0.05, 0.1) is 18.7 Å². The van der Waals surface area contributed by atoms with Gasteiger partial charge in [-0.15, -0.1) is 0 Å². The van der Waals surface area contributed by atoms with Crippen LogP contribution in [0.3, 0.4) is 0 Å². The zero-order valence-corrected chi connectivity index (χ0v) is 16.6. The normalized spacial score (nSPS) is 16.2. The largest absolute Gasteiger partial charge is 0.496 e. The van der Waals surface area contributed by atoms with Crippen molar-refractivity contribution in [3.05, 3.63) is 64.7 Å². The van der Waals surface area contributed by atoms with Crippen LogP contribution in [0.5, 0.6) is 5.75 Å². The van der Waals surface area contributed by atoms with Crippen LogP contribution in [-0.2, 0) is 13.0 Å². The molecular formula is C23H30N2O2.